The van der Waals surface area contributed by atoms with Crippen LogP contribution >= 0.6 is 0 Å². The van der Waals surface area contributed by atoms with E-state index in [1.807, 2.05) is 0 Å². The Balaban J connectivity index is 4.92. The van der Waals surface area contributed by atoms with Crippen molar-refractivity contribution < 1.29 is 8.85 Å². The second-order valence-corrected chi connectivity index (χ2v) is 6.41. The smallest absolute Gasteiger partial charge is 0.391 e. The zero-order valence-corrected chi connectivity index (χ0v) is 10.5. The summed E-state index contributed by atoms with van der Waals surface area (Å²) in [5, 5.41) is 0. The Morgan fingerprint density at radius 1 is 0.846 bits per heavy atom. The van der Waals surface area contributed by atoms with Crippen molar-refractivity contribution in [2.75, 3.05) is 14.2 Å². The molecule has 0 aliphatic heterocycles. The molecule has 2 nitrogen and oxygen atoms in total. The van der Waals surface area contributed by atoms with Crippen molar-refractivity contribution in [1.82, 2.24) is 0 Å². The first-order valence-electron chi connectivity index (χ1n) is 4.38. The van der Waals surface area contributed by atoms with Gasteiger partial charge in [-0.1, -0.05) is 11.1 Å². The summed E-state index contributed by atoms with van der Waals surface area (Å²) in [7, 11) is 1.21. The molecule has 0 bridgehead atoms. The summed E-state index contributed by atoms with van der Waals surface area (Å²) < 4.78 is 10.9. The molecule has 0 rings (SSSR count). The molecule has 0 saturated carbocycles. The molecule has 0 amide bonds. The summed E-state index contributed by atoms with van der Waals surface area (Å²) in [5.74, 6) is 0. The van der Waals surface area contributed by atoms with Gasteiger partial charge in [-0.25, -0.2) is 0 Å². The highest BCUT2D eigenvalue weighted by atomic mass is 28.4. The Hall–Kier alpha value is -0.383. The van der Waals surface area contributed by atoms with Crippen LogP contribution in [0.3, 0.4) is 0 Å². The van der Waals surface area contributed by atoms with Gasteiger partial charge in [0.1, 0.15) is 0 Å². The lowest BCUT2D eigenvalue weighted by atomic mass is 10.4. The summed E-state index contributed by atoms with van der Waals surface area (Å²) in [5.41, 5.74) is 6.65. The molecule has 0 aliphatic rings. The number of allylic oxidation sites excluding steroid dienone is 2. The molecule has 0 heterocycles. The maximum absolute atomic E-state index is 5.47. The van der Waals surface area contributed by atoms with Crippen LogP contribution in [-0.2, 0) is 8.85 Å². The second-order valence-electron chi connectivity index (χ2n) is 3.57. The fraction of sp³-hybridized carbons (Fsp3) is 0.600. The van der Waals surface area contributed by atoms with Gasteiger partial charge in [0.2, 0.25) is 0 Å². The monoisotopic (exact) mass is 200 g/mol. The van der Waals surface area contributed by atoms with Gasteiger partial charge in [-0.05, 0) is 39.1 Å². The molecule has 0 aromatic carbocycles. The van der Waals surface area contributed by atoms with Gasteiger partial charge >= 0.3 is 8.56 Å². The van der Waals surface area contributed by atoms with Gasteiger partial charge in [0.25, 0.3) is 0 Å². The first kappa shape index (κ1) is 12.6. The molecule has 0 spiro atoms. The van der Waals surface area contributed by atoms with E-state index in [0.29, 0.717) is 0 Å². The number of rotatable bonds is 4. The molecule has 0 aromatic rings. The van der Waals surface area contributed by atoms with Crippen molar-refractivity contribution in [2.24, 2.45) is 0 Å². The Labute approximate surface area is 82.5 Å². The van der Waals surface area contributed by atoms with E-state index in [1.54, 1.807) is 14.2 Å². The van der Waals surface area contributed by atoms with Crippen LogP contribution in [0, 0.1) is 0 Å². The van der Waals surface area contributed by atoms with Gasteiger partial charge in [0.05, 0.1) is 0 Å². The quantitative estimate of drug-likeness (QED) is 0.650. The molecular weight excluding hydrogens is 180 g/mol. The highest BCUT2D eigenvalue weighted by Gasteiger charge is 2.29. The zero-order chi connectivity index (χ0) is 10.5. The molecule has 0 aromatic heterocycles. The minimum atomic E-state index is -2.19. The Morgan fingerprint density at radius 3 is 1.31 bits per heavy atom. The molecule has 0 aliphatic carbocycles. The predicted octanol–water partition coefficient (Wildman–Crippen LogP) is 2.73. The number of hydrogen-bond donors (Lipinski definition) is 0. The summed E-state index contributed by atoms with van der Waals surface area (Å²) in [6.07, 6.45) is 0. The average Bonchev–Trinajstić information content (AvgIpc) is 2.01. The minimum absolute atomic E-state index is 1.23. The maximum atomic E-state index is 5.47. The van der Waals surface area contributed by atoms with Crippen LogP contribution in [0.15, 0.2) is 22.5 Å². The standard InChI is InChI=1S/C10H20O2Si/c1-9(2)7-13(11-5,12-6)8-10(3)4/h7-8H,1-6H3. The molecule has 0 N–H and O–H groups in total. The van der Waals surface area contributed by atoms with Gasteiger partial charge in [-0.2, -0.15) is 0 Å². The maximum Gasteiger partial charge on any atom is 0.391 e. The van der Waals surface area contributed by atoms with E-state index in [0.717, 1.165) is 0 Å². The fourth-order valence-electron chi connectivity index (χ4n) is 1.17. The van der Waals surface area contributed by atoms with E-state index in [-0.39, 0.29) is 0 Å². The molecule has 0 fully saturated rings. The van der Waals surface area contributed by atoms with E-state index >= 15 is 0 Å². The normalized spacial score (nSPS) is 10.9. The lowest BCUT2D eigenvalue weighted by molar-refractivity contribution is 0.269. The Bertz CT molecular complexity index is 187. The summed E-state index contributed by atoms with van der Waals surface area (Å²) in [4.78, 5) is 0. The third kappa shape index (κ3) is 4.41. The second kappa shape index (κ2) is 5.37. The van der Waals surface area contributed by atoms with Crippen molar-refractivity contribution >= 4 is 8.56 Å². The lowest BCUT2D eigenvalue weighted by Crippen LogP contribution is -2.37. The molecule has 0 atom stereocenters. The molecule has 0 saturated heterocycles. The van der Waals surface area contributed by atoms with Crippen LogP contribution in [0.2, 0.25) is 0 Å². The Kier molecular flexibility index (Phi) is 5.21. The summed E-state index contributed by atoms with van der Waals surface area (Å²) >= 11 is 0. The van der Waals surface area contributed by atoms with E-state index in [4.69, 9.17) is 8.85 Å². The van der Waals surface area contributed by atoms with Crippen molar-refractivity contribution in [1.29, 1.82) is 0 Å². The first-order chi connectivity index (χ1) is 5.95. The van der Waals surface area contributed by atoms with Crippen LogP contribution in [0.4, 0.5) is 0 Å². The van der Waals surface area contributed by atoms with Crippen molar-refractivity contribution in [3.8, 4) is 0 Å². The van der Waals surface area contributed by atoms with Crippen LogP contribution in [0.1, 0.15) is 27.7 Å². The van der Waals surface area contributed by atoms with Crippen molar-refractivity contribution in [2.45, 2.75) is 27.7 Å². The Morgan fingerprint density at radius 2 is 1.15 bits per heavy atom. The third-order valence-corrected chi connectivity index (χ3v) is 4.85. The summed E-state index contributed by atoms with van der Waals surface area (Å²) in [6, 6.07) is 0. The molecule has 13 heavy (non-hydrogen) atoms. The van der Waals surface area contributed by atoms with E-state index in [1.165, 1.54) is 11.1 Å². The minimum Gasteiger partial charge on any atom is -0.392 e. The highest BCUT2D eigenvalue weighted by Crippen LogP contribution is 2.13. The predicted molar refractivity (Wildman–Crippen MR) is 58.6 cm³/mol. The van der Waals surface area contributed by atoms with Gasteiger partial charge < -0.3 is 8.85 Å². The molecule has 0 unspecified atom stereocenters. The average molecular weight is 200 g/mol. The zero-order valence-electron chi connectivity index (χ0n) is 9.47. The van der Waals surface area contributed by atoms with Crippen LogP contribution < -0.4 is 0 Å². The van der Waals surface area contributed by atoms with Crippen LogP contribution in [0.25, 0.3) is 0 Å². The number of hydrogen-bond acceptors (Lipinski definition) is 2. The summed E-state index contributed by atoms with van der Waals surface area (Å²) in [6.45, 7) is 8.22. The molecular formula is C10H20O2Si. The van der Waals surface area contributed by atoms with Crippen molar-refractivity contribution in [3.63, 3.8) is 0 Å². The fourth-order valence-corrected chi connectivity index (χ4v) is 3.50. The van der Waals surface area contributed by atoms with Crippen LogP contribution in [0.5, 0.6) is 0 Å². The van der Waals surface area contributed by atoms with E-state index in [9.17, 15) is 0 Å². The van der Waals surface area contributed by atoms with E-state index in [2.05, 4.69) is 39.1 Å². The van der Waals surface area contributed by atoms with Crippen molar-refractivity contribution in [3.05, 3.63) is 22.5 Å². The highest BCUT2D eigenvalue weighted by molar-refractivity contribution is 6.77. The van der Waals surface area contributed by atoms with E-state index < -0.39 is 8.56 Å². The first-order valence-corrected chi connectivity index (χ1v) is 6.35. The SMILES string of the molecule is CO[Si](C=C(C)C)(C=C(C)C)OC. The largest absolute Gasteiger partial charge is 0.392 e. The topological polar surface area (TPSA) is 18.5 Å². The molecule has 76 valence electrons. The van der Waals surface area contributed by atoms with Gasteiger partial charge in [-0.15, -0.1) is 0 Å². The van der Waals surface area contributed by atoms with Gasteiger partial charge in [0, 0.05) is 14.2 Å². The third-order valence-electron chi connectivity index (χ3n) is 1.62. The molecule has 3 heteroatoms. The van der Waals surface area contributed by atoms with Gasteiger partial charge in [0.15, 0.2) is 0 Å². The molecule has 0 radical (unpaired) electrons. The van der Waals surface area contributed by atoms with Gasteiger partial charge in [-0.3, -0.25) is 0 Å². The lowest BCUT2D eigenvalue weighted by Gasteiger charge is -2.21. The van der Waals surface area contributed by atoms with Crippen LogP contribution in [-0.4, -0.2) is 22.8 Å².